The molecule has 0 saturated carbocycles. The fourth-order valence-corrected chi connectivity index (χ4v) is 4.57. The molecule has 2 fully saturated rings. The first-order chi connectivity index (χ1) is 13.5. The molecule has 5 rings (SSSR count). The van der Waals surface area contributed by atoms with Crippen molar-refractivity contribution in [1.29, 1.82) is 0 Å². The molecule has 2 aliphatic heterocycles. The lowest BCUT2D eigenvalue weighted by Crippen LogP contribution is -2.51. The van der Waals surface area contributed by atoms with Gasteiger partial charge < -0.3 is 21.3 Å². The summed E-state index contributed by atoms with van der Waals surface area (Å²) in [5, 5.41) is 5.41. The molecule has 4 N–H and O–H groups in total. The largest absolute Gasteiger partial charge is 0.399 e. The van der Waals surface area contributed by atoms with Gasteiger partial charge in [-0.15, -0.1) is 0 Å². The summed E-state index contributed by atoms with van der Waals surface area (Å²) in [6.07, 6.45) is 1.62. The SMILES string of the molecule is Cn1nc(N)c2c(-c3ccc(N)cc3)cc(N3CCN4C(=O)CC[C@@H]4C3)cc21. The number of hydrogen-bond acceptors (Lipinski definition) is 5. The molecule has 0 aliphatic carbocycles. The minimum atomic E-state index is 0.294. The Morgan fingerprint density at radius 3 is 2.68 bits per heavy atom. The summed E-state index contributed by atoms with van der Waals surface area (Å²) in [5.74, 6) is 0.823. The van der Waals surface area contributed by atoms with Crippen LogP contribution in [0.15, 0.2) is 36.4 Å². The number of nitrogens with two attached hydrogens (primary N) is 2. The van der Waals surface area contributed by atoms with Gasteiger partial charge in [0.05, 0.1) is 10.9 Å². The van der Waals surface area contributed by atoms with Crippen molar-refractivity contribution in [2.24, 2.45) is 7.05 Å². The Morgan fingerprint density at radius 2 is 1.89 bits per heavy atom. The summed E-state index contributed by atoms with van der Waals surface area (Å²) in [6.45, 7) is 2.49. The molecule has 2 aromatic carbocycles. The summed E-state index contributed by atoms with van der Waals surface area (Å²) in [4.78, 5) is 16.4. The van der Waals surface area contributed by atoms with Crippen LogP contribution < -0.4 is 16.4 Å². The number of piperazine rings is 1. The Labute approximate surface area is 163 Å². The molecule has 28 heavy (non-hydrogen) atoms. The molecule has 1 aromatic heterocycles. The number of rotatable bonds is 2. The molecule has 0 unspecified atom stereocenters. The van der Waals surface area contributed by atoms with E-state index in [1.807, 2.05) is 40.9 Å². The highest BCUT2D eigenvalue weighted by molar-refractivity contribution is 6.04. The second-order valence-corrected chi connectivity index (χ2v) is 7.74. The zero-order valence-electron chi connectivity index (χ0n) is 15.9. The van der Waals surface area contributed by atoms with Crippen LogP contribution in [0.1, 0.15) is 12.8 Å². The van der Waals surface area contributed by atoms with Gasteiger partial charge in [-0.1, -0.05) is 12.1 Å². The molecular weight excluding hydrogens is 352 g/mol. The van der Waals surface area contributed by atoms with Gasteiger partial charge in [0.25, 0.3) is 0 Å². The first-order valence-corrected chi connectivity index (χ1v) is 9.68. The zero-order valence-corrected chi connectivity index (χ0v) is 15.9. The molecule has 7 heteroatoms. The van der Waals surface area contributed by atoms with Gasteiger partial charge in [0.2, 0.25) is 5.91 Å². The fourth-order valence-electron chi connectivity index (χ4n) is 4.57. The Hall–Kier alpha value is -3.22. The van der Waals surface area contributed by atoms with Crippen LogP contribution in [0.4, 0.5) is 17.2 Å². The van der Waals surface area contributed by atoms with Crippen LogP contribution in [-0.2, 0) is 11.8 Å². The number of hydrogen-bond donors (Lipinski definition) is 2. The fraction of sp³-hybridized carbons (Fsp3) is 0.333. The van der Waals surface area contributed by atoms with Crippen molar-refractivity contribution in [3.63, 3.8) is 0 Å². The summed E-state index contributed by atoms with van der Waals surface area (Å²) in [7, 11) is 1.92. The average Bonchev–Trinajstić information content (AvgIpc) is 3.21. The number of anilines is 3. The minimum absolute atomic E-state index is 0.294. The van der Waals surface area contributed by atoms with Gasteiger partial charge in [0.1, 0.15) is 0 Å². The molecule has 144 valence electrons. The van der Waals surface area contributed by atoms with E-state index in [0.29, 0.717) is 24.2 Å². The normalized spacial score (nSPS) is 19.5. The Morgan fingerprint density at radius 1 is 1.11 bits per heavy atom. The van der Waals surface area contributed by atoms with Crippen molar-refractivity contribution in [2.45, 2.75) is 18.9 Å². The number of nitrogens with zero attached hydrogens (tertiary/aromatic N) is 4. The van der Waals surface area contributed by atoms with E-state index in [1.165, 1.54) is 0 Å². The van der Waals surface area contributed by atoms with E-state index >= 15 is 0 Å². The number of fused-ring (bicyclic) bond motifs is 2. The number of carbonyl (C=O) groups excluding carboxylic acids is 1. The lowest BCUT2D eigenvalue weighted by Gasteiger charge is -2.39. The van der Waals surface area contributed by atoms with E-state index in [0.717, 1.165) is 59.5 Å². The second kappa shape index (κ2) is 6.15. The van der Waals surface area contributed by atoms with E-state index in [9.17, 15) is 4.79 Å². The Kier molecular flexibility index (Phi) is 3.72. The Bertz CT molecular complexity index is 1070. The number of carbonyl (C=O) groups is 1. The van der Waals surface area contributed by atoms with Crippen LogP contribution in [0.5, 0.6) is 0 Å². The number of amides is 1. The smallest absolute Gasteiger partial charge is 0.223 e. The van der Waals surface area contributed by atoms with Crippen LogP contribution in [0.3, 0.4) is 0 Å². The van der Waals surface area contributed by atoms with Crippen LogP contribution >= 0.6 is 0 Å². The van der Waals surface area contributed by atoms with Gasteiger partial charge in [0, 0.05) is 50.5 Å². The van der Waals surface area contributed by atoms with E-state index < -0.39 is 0 Å². The standard InChI is InChI=1S/C21H24N6O/c1-25-18-11-16(26-8-9-27-15(12-26)6-7-19(27)28)10-17(20(18)21(23)24-25)13-2-4-14(22)5-3-13/h2-5,10-11,15H,6-9,12,22H2,1H3,(H2,23,24)/t15-/m1/s1. The predicted octanol–water partition coefficient (Wildman–Crippen LogP) is 2.22. The van der Waals surface area contributed by atoms with Crippen LogP contribution in [-0.4, -0.2) is 46.3 Å². The summed E-state index contributed by atoms with van der Waals surface area (Å²) >= 11 is 0. The highest BCUT2D eigenvalue weighted by Crippen LogP contribution is 2.37. The van der Waals surface area contributed by atoms with Gasteiger partial charge in [0.15, 0.2) is 5.82 Å². The van der Waals surface area contributed by atoms with Gasteiger partial charge >= 0.3 is 0 Å². The maximum atomic E-state index is 12.0. The van der Waals surface area contributed by atoms with Gasteiger partial charge in [-0.05, 0) is 41.8 Å². The van der Waals surface area contributed by atoms with E-state index in [1.54, 1.807) is 0 Å². The second-order valence-electron chi connectivity index (χ2n) is 7.74. The third-order valence-electron chi connectivity index (χ3n) is 6.05. The van der Waals surface area contributed by atoms with Gasteiger partial charge in [-0.3, -0.25) is 9.48 Å². The highest BCUT2D eigenvalue weighted by atomic mass is 16.2. The van der Waals surface area contributed by atoms with Crippen molar-refractivity contribution in [2.75, 3.05) is 36.0 Å². The summed E-state index contributed by atoms with van der Waals surface area (Å²) in [6, 6.07) is 12.5. The highest BCUT2D eigenvalue weighted by Gasteiger charge is 2.35. The van der Waals surface area contributed by atoms with Crippen molar-refractivity contribution in [3.05, 3.63) is 36.4 Å². The summed E-state index contributed by atoms with van der Waals surface area (Å²) < 4.78 is 1.84. The topological polar surface area (TPSA) is 93.4 Å². The number of benzene rings is 2. The first-order valence-electron chi connectivity index (χ1n) is 9.68. The zero-order chi connectivity index (χ0) is 19.4. The molecule has 1 atom stereocenters. The van der Waals surface area contributed by atoms with Crippen LogP contribution in [0.25, 0.3) is 22.0 Å². The Balaban J connectivity index is 1.61. The third-order valence-corrected chi connectivity index (χ3v) is 6.05. The lowest BCUT2D eigenvalue weighted by molar-refractivity contribution is -0.129. The maximum absolute atomic E-state index is 12.0. The molecule has 7 nitrogen and oxygen atoms in total. The van der Waals surface area contributed by atoms with Crippen molar-refractivity contribution >= 4 is 34.0 Å². The molecular formula is C21H24N6O. The molecule has 3 heterocycles. The van der Waals surface area contributed by atoms with Crippen molar-refractivity contribution < 1.29 is 4.79 Å². The number of nitrogen functional groups attached to an aromatic ring is 2. The maximum Gasteiger partial charge on any atom is 0.223 e. The molecule has 0 radical (unpaired) electrons. The first kappa shape index (κ1) is 16.9. The van der Waals surface area contributed by atoms with E-state index in [-0.39, 0.29) is 0 Å². The summed E-state index contributed by atoms with van der Waals surface area (Å²) in [5.41, 5.74) is 17.1. The van der Waals surface area contributed by atoms with Crippen LogP contribution in [0, 0.1) is 0 Å². The monoisotopic (exact) mass is 376 g/mol. The minimum Gasteiger partial charge on any atom is -0.399 e. The van der Waals surface area contributed by atoms with Crippen molar-refractivity contribution in [3.8, 4) is 11.1 Å². The number of aryl methyl sites for hydroxylation is 1. The molecule has 2 saturated heterocycles. The van der Waals surface area contributed by atoms with Gasteiger partial charge in [-0.25, -0.2) is 0 Å². The molecule has 0 spiro atoms. The third kappa shape index (κ3) is 2.58. The number of aromatic nitrogens is 2. The lowest BCUT2D eigenvalue weighted by atomic mass is 9.99. The molecule has 0 bridgehead atoms. The van der Waals surface area contributed by atoms with Gasteiger partial charge in [-0.2, -0.15) is 5.10 Å². The quantitative estimate of drug-likeness (QED) is 0.669. The van der Waals surface area contributed by atoms with E-state index in [4.69, 9.17) is 11.5 Å². The average molecular weight is 376 g/mol. The predicted molar refractivity (Wildman–Crippen MR) is 112 cm³/mol. The molecule has 2 aliphatic rings. The van der Waals surface area contributed by atoms with Crippen LogP contribution in [0.2, 0.25) is 0 Å². The van der Waals surface area contributed by atoms with E-state index in [2.05, 4.69) is 22.1 Å². The molecule has 3 aromatic rings. The van der Waals surface area contributed by atoms with Crippen molar-refractivity contribution in [1.82, 2.24) is 14.7 Å². The molecule has 1 amide bonds.